The first-order chi connectivity index (χ1) is 14.2. The number of nitrogens with one attached hydrogen (secondary N) is 1. The van der Waals surface area contributed by atoms with Crippen LogP contribution in [0.25, 0.3) is 0 Å². The number of rotatable bonds is 7. The molecule has 5 nitrogen and oxygen atoms in total. The Kier molecular flexibility index (Phi) is 5.62. The Hall–Kier alpha value is -3.12. The quantitative estimate of drug-likeness (QED) is 0.609. The zero-order chi connectivity index (χ0) is 20.2. The second-order valence-corrected chi connectivity index (χ2v) is 7.78. The molecule has 6 heteroatoms. The highest BCUT2D eigenvalue weighted by Crippen LogP contribution is 2.36. The van der Waals surface area contributed by atoms with Crippen molar-refractivity contribution in [1.82, 2.24) is 4.90 Å². The fourth-order valence-corrected chi connectivity index (χ4v) is 4.44. The Balaban J connectivity index is 1.55. The molecule has 1 aliphatic rings. The molecule has 3 aromatic rings. The van der Waals surface area contributed by atoms with E-state index >= 15 is 0 Å². The Morgan fingerprint density at radius 3 is 2.69 bits per heavy atom. The van der Waals surface area contributed by atoms with Crippen molar-refractivity contribution in [1.29, 1.82) is 0 Å². The van der Waals surface area contributed by atoms with Gasteiger partial charge < -0.3 is 15.0 Å². The van der Waals surface area contributed by atoms with Gasteiger partial charge in [-0.05, 0) is 42.1 Å². The van der Waals surface area contributed by atoms with Crippen LogP contribution >= 0.6 is 11.3 Å². The third-order valence-corrected chi connectivity index (χ3v) is 5.91. The maximum absolute atomic E-state index is 13.0. The van der Waals surface area contributed by atoms with Crippen LogP contribution in [0.2, 0.25) is 0 Å². The molecule has 0 saturated carbocycles. The zero-order valence-corrected chi connectivity index (χ0v) is 16.9. The van der Waals surface area contributed by atoms with E-state index in [-0.39, 0.29) is 24.3 Å². The van der Waals surface area contributed by atoms with Crippen molar-refractivity contribution >= 4 is 28.8 Å². The molecule has 29 heavy (non-hydrogen) atoms. The van der Waals surface area contributed by atoms with Gasteiger partial charge in [0.25, 0.3) is 5.91 Å². The van der Waals surface area contributed by atoms with Crippen LogP contribution in [-0.4, -0.2) is 23.3 Å². The van der Waals surface area contributed by atoms with E-state index in [1.54, 1.807) is 16.2 Å². The minimum atomic E-state index is -0.311. The van der Waals surface area contributed by atoms with E-state index in [0.29, 0.717) is 24.6 Å². The van der Waals surface area contributed by atoms with Crippen molar-refractivity contribution in [2.45, 2.75) is 25.9 Å². The molecule has 1 aromatic heterocycles. The maximum Gasteiger partial charge on any atom is 0.255 e. The predicted molar refractivity (Wildman–Crippen MR) is 114 cm³/mol. The number of fused-ring (bicyclic) bond motifs is 1. The number of thiophene rings is 1. The zero-order valence-electron chi connectivity index (χ0n) is 16.1. The summed E-state index contributed by atoms with van der Waals surface area (Å²) in [5.41, 5.74) is 2.36. The summed E-state index contributed by atoms with van der Waals surface area (Å²) in [5.74, 6) is 0.460. The minimum absolute atomic E-state index is 0.0264. The van der Waals surface area contributed by atoms with E-state index in [1.807, 2.05) is 73.0 Å². The van der Waals surface area contributed by atoms with Gasteiger partial charge in [0.2, 0.25) is 5.91 Å². The summed E-state index contributed by atoms with van der Waals surface area (Å²) in [6.45, 7) is 2.94. The highest BCUT2D eigenvalue weighted by atomic mass is 32.1. The average Bonchev–Trinajstić information content (AvgIpc) is 3.37. The molecule has 0 saturated heterocycles. The van der Waals surface area contributed by atoms with Gasteiger partial charge in [-0.15, -0.1) is 11.3 Å². The lowest BCUT2D eigenvalue weighted by Crippen LogP contribution is -2.31. The number of amides is 2. The molecule has 2 aromatic carbocycles. The van der Waals surface area contributed by atoms with E-state index in [4.69, 9.17) is 4.74 Å². The number of benzene rings is 2. The fourth-order valence-electron chi connectivity index (χ4n) is 3.60. The van der Waals surface area contributed by atoms with Gasteiger partial charge in [0.1, 0.15) is 5.75 Å². The lowest BCUT2D eigenvalue weighted by molar-refractivity contribution is -0.117. The molecule has 0 fully saturated rings. The summed E-state index contributed by atoms with van der Waals surface area (Å²) >= 11 is 1.56. The van der Waals surface area contributed by atoms with Crippen molar-refractivity contribution in [2.75, 3.05) is 11.9 Å². The molecule has 0 spiro atoms. The lowest BCUT2D eigenvalue weighted by atomic mass is 10.1. The molecule has 0 radical (unpaired) electrons. The van der Waals surface area contributed by atoms with Crippen LogP contribution < -0.4 is 10.1 Å². The van der Waals surface area contributed by atoms with Crippen molar-refractivity contribution in [3.05, 3.63) is 82.0 Å². The second kappa shape index (κ2) is 8.49. The Morgan fingerprint density at radius 2 is 1.93 bits per heavy atom. The van der Waals surface area contributed by atoms with Crippen LogP contribution in [0.15, 0.2) is 66.0 Å². The van der Waals surface area contributed by atoms with Gasteiger partial charge in [0, 0.05) is 17.0 Å². The first-order valence-electron chi connectivity index (χ1n) is 9.61. The van der Waals surface area contributed by atoms with Crippen LogP contribution in [0.5, 0.6) is 5.75 Å². The maximum atomic E-state index is 13.0. The number of anilines is 1. The summed E-state index contributed by atoms with van der Waals surface area (Å²) in [6, 6.07) is 18.6. The molecule has 0 unspecified atom stereocenters. The highest BCUT2D eigenvalue weighted by molar-refractivity contribution is 7.10. The number of para-hydroxylation sites is 2. The van der Waals surface area contributed by atoms with E-state index in [2.05, 4.69) is 5.32 Å². The number of carbonyl (C=O) groups excluding carboxylic acids is 2. The smallest absolute Gasteiger partial charge is 0.255 e. The number of nitrogens with zero attached hydrogens (tertiary/aromatic N) is 1. The van der Waals surface area contributed by atoms with Gasteiger partial charge in [0.05, 0.1) is 24.8 Å². The molecule has 0 bridgehead atoms. The first-order valence-corrected chi connectivity index (χ1v) is 10.5. The molecule has 148 valence electrons. The third-order valence-electron chi connectivity index (χ3n) is 4.94. The number of carbonyl (C=O) groups is 2. The number of hydrogen-bond donors (Lipinski definition) is 1. The van der Waals surface area contributed by atoms with Gasteiger partial charge in [-0.3, -0.25) is 9.59 Å². The summed E-state index contributed by atoms with van der Waals surface area (Å²) in [7, 11) is 0. The van der Waals surface area contributed by atoms with E-state index in [1.165, 1.54) is 0 Å². The molecular formula is C23H22N2O3S. The molecule has 4 rings (SSSR count). The predicted octanol–water partition coefficient (Wildman–Crippen LogP) is 4.87. The molecular weight excluding hydrogens is 384 g/mol. The van der Waals surface area contributed by atoms with Gasteiger partial charge >= 0.3 is 0 Å². The van der Waals surface area contributed by atoms with Crippen molar-refractivity contribution in [3.63, 3.8) is 0 Å². The number of hydrogen-bond acceptors (Lipinski definition) is 4. The summed E-state index contributed by atoms with van der Waals surface area (Å²) in [5, 5.41) is 4.92. The molecule has 2 amide bonds. The molecule has 1 N–H and O–H groups in total. The fraction of sp³-hybridized carbons (Fsp3) is 0.217. The highest BCUT2D eigenvalue weighted by Gasteiger charge is 2.34. The van der Waals surface area contributed by atoms with Crippen molar-refractivity contribution in [2.24, 2.45) is 0 Å². The van der Waals surface area contributed by atoms with Crippen molar-refractivity contribution < 1.29 is 14.3 Å². The largest absolute Gasteiger partial charge is 0.492 e. The second-order valence-electron chi connectivity index (χ2n) is 6.80. The van der Waals surface area contributed by atoms with E-state index in [0.717, 1.165) is 16.0 Å². The van der Waals surface area contributed by atoms with E-state index < -0.39 is 0 Å². The van der Waals surface area contributed by atoms with Gasteiger partial charge in [0.15, 0.2) is 0 Å². The lowest BCUT2D eigenvalue weighted by Gasteiger charge is -2.27. The SMILES string of the molecule is CCOc1ccccc1NC(=O)C[C@@H](c1cccs1)N1Cc2ccccc2C1=O. The summed E-state index contributed by atoms with van der Waals surface area (Å²) < 4.78 is 5.60. The monoisotopic (exact) mass is 406 g/mol. The normalized spacial score (nSPS) is 13.8. The topological polar surface area (TPSA) is 58.6 Å². The standard InChI is InChI=1S/C23H22N2O3S/c1-2-28-20-11-6-5-10-18(20)24-22(26)14-19(21-12-7-13-29-21)25-15-16-8-3-4-9-17(16)23(25)27/h3-13,19H,2,14-15H2,1H3,(H,24,26)/t19-/m0/s1. The Bertz CT molecular complexity index is 1020. The van der Waals surface area contributed by atoms with E-state index in [9.17, 15) is 9.59 Å². The minimum Gasteiger partial charge on any atom is -0.492 e. The Morgan fingerprint density at radius 1 is 1.14 bits per heavy atom. The van der Waals surface area contributed by atoms with Crippen LogP contribution in [0.1, 0.15) is 40.2 Å². The number of ether oxygens (including phenoxy) is 1. The Labute approximate surface area is 173 Å². The van der Waals surface area contributed by atoms with Gasteiger partial charge in [-0.2, -0.15) is 0 Å². The summed E-state index contributed by atoms with van der Waals surface area (Å²) in [6.07, 6.45) is 0.181. The average molecular weight is 407 g/mol. The first kappa shape index (κ1) is 19.2. The summed E-state index contributed by atoms with van der Waals surface area (Å²) in [4.78, 5) is 28.7. The molecule has 1 aliphatic heterocycles. The molecule has 1 atom stereocenters. The molecule has 2 heterocycles. The molecule has 0 aliphatic carbocycles. The van der Waals surface area contributed by atoms with Crippen LogP contribution in [0, 0.1) is 0 Å². The third kappa shape index (κ3) is 4.03. The van der Waals surface area contributed by atoms with Gasteiger partial charge in [-0.1, -0.05) is 36.4 Å². The van der Waals surface area contributed by atoms with Crippen LogP contribution in [0.3, 0.4) is 0 Å². The van der Waals surface area contributed by atoms with Crippen LogP contribution in [0.4, 0.5) is 5.69 Å². The van der Waals surface area contributed by atoms with Crippen molar-refractivity contribution in [3.8, 4) is 5.75 Å². The van der Waals surface area contributed by atoms with Crippen LogP contribution in [-0.2, 0) is 11.3 Å². The van der Waals surface area contributed by atoms with Gasteiger partial charge in [-0.25, -0.2) is 0 Å².